The Morgan fingerprint density at radius 3 is 2.31 bits per heavy atom. The Kier molecular flexibility index (Phi) is 11.2. The molecule has 0 saturated heterocycles. The molecule has 0 aromatic heterocycles. The summed E-state index contributed by atoms with van der Waals surface area (Å²) >= 11 is 0. The number of carbonyl (C=O) groups excluding carboxylic acids is 2. The molecule has 0 fully saturated rings. The molecule has 0 spiro atoms. The molecule has 1 unspecified atom stereocenters. The molecule has 198 valence electrons. The third-order valence-corrected chi connectivity index (χ3v) is 7.59. The Balaban J connectivity index is 2.45. The van der Waals surface area contributed by atoms with Gasteiger partial charge in [0, 0.05) is 27.2 Å². The molecule has 10 heteroatoms. The van der Waals surface area contributed by atoms with Gasteiger partial charge in [-0.15, -0.1) is 0 Å². The summed E-state index contributed by atoms with van der Waals surface area (Å²) in [5, 5.41) is 2.91. The second-order valence-electron chi connectivity index (χ2n) is 8.57. The third-order valence-electron chi connectivity index (χ3n) is 5.77. The fourth-order valence-corrected chi connectivity index (χ4v) is 4.76. The van der Waals surface area contributed by atoms with Gasteiger partial charge in [0.15, 0.2) is 0 Å². The number of para-hydroxylation sites is 1. The van der Waals surface area contributed by atoms with Gasteiger partial charge in [0.1, 0.15) is 18.3 Å². The van der Waals surface area contributed by atoms with Gasteiger partial charge in [-0.05, 0) is 42.7 Å². The quantitative estimate of drug-likeness (QED) is 0.388. The molecule has 1 atom stereocenters. The van der Waals surface area contributed by atoms with Gasteiger partial charge in [0.25, 0.3) is 0 Å². The minimum absolute atomic E-state index is 0.125. The number of hydrogen-bond acceptors (Lipinski definition) is 5. The standard InChI is InChI=1S/C26H38N4O5S/c1-6-8-17-27-26(32)24(7-2)29(19-21-13-12-16-23(18-21)35-5)25(31)20-30(36(33,34)28(3)4)22-14-10-9-11-15-22/h9-16,18,24H,6-8,17,19-20H2,1-5H3,(H,27,32). The average Bonchev–Trinajstić information content (AvgIpc) is 2.87. The summed E-state index contributed by atoms with van der Waals surface area (Å²) in [6, 6.07) is 14.9. The van der Waals surface area contributed by atoms with Crippen molar-refractivity contribution in [2.24, 2.45) is 0 Å². The van der Waals surface area contributed by atoms with E-state index in [0.29, 0.717) is 24.4 Å². The molecular formula is C26H38N4O5S. The summed E-state index contributed by atoms with van der Waals surface area (Å²) in [5.74, 6) is -0.116. The molecule has 0 aliphatic carbocycles. The molecule has 2 aromatic carbocycles. The molecule has 1 N–H and O–H groups in total. The van der Waals surface area contributed by atoms with Crippen LogP contribution in [-0.4, -0.2) is 69.8 Å². The number of unbranched alkanes of at least 4 members (excludes halogenated alkanes) is 1. The number of carbonyl (C=O) groups is 2. The van der Waals surface area contributed by atoms with Crippen LogP contribution in [0.25, 0.3) is 0 Å². The number of hydrogen-bond donors (Lipinski definition) is 1. The molecular weight excluding hydrogens is 480 g/mol. The van der Waals surface area contributed by atoms with Crippen molar-refractivity contribution in [1.82, 2.24) is 14.5 Å². The summed E-state index contributed by atoms with van der Waals surface area (Å²) in [4.78, 5) is 28.3. The van der Waals surface area contributed by atoms with Gasteiger partial charge in [0.2, 0.25) is 11.8 Å². The number of ether oxygens (including phenoxy) is 1. The third kappa shape index (κ3) is 7.69. The molecule has 0 saturated carbocycles. The van der Waals surface area contributed by atoms with Crippen molar-refractivity contribution in [2.75, 3.05) is 38.6 Å². The van der Waals surface area contributed by atoms with E-state index in [1.54, 1.807) is 49.6 Å². The van der Waals surface area contributed by atoms with Crippen molar-refractivity contribution in [1.29, 1.82) is 0 Å². The van der Waals surface area contributed by atoms with E-state index in [1.807, 2.05) is 26.0 Å². The summed E-state index contributed by atoms with van der Waals surface area (Å²) in [7, 11) is 0.415. The van der Waals surface area contributed by atoms with Crippen LogP contribution in [0.1, 0.15) is 38.7 Å². The van der Waals surface area contributed by atoms with E-state index in [9.17, 15) is 18.0 Å². The van der Waals surface area contributed by atoms with Crippen molar-refractivity contribution >= 4 is 27.7 Å². The molecule has 2 rings (SSSR count). The monoisotopic (exact) mass is 518 g/mol. The van der Waals surface area contributed by atoms with Crippen LogP contribution in [-0.2, 0) is 26.3 Å². The maximum Gasteiger partial charge on any atom is 0.304 e. The Morgan fingerprint density at radius 1 is 1.03 bits per heavy atom. The van der Waals surface area contributed by atoms with Gasteiger partial charge in [-0.3, -0.25) is 9.59 Å². The second-order valence-corrected chi connectivity index (χ2v) is 10.6. The topological polar surface area (TPSA) is 99.3 Å². The van der Waals surface area contributed by atoms with E-state index >= 15 is 0 Å². The lowest BCUT2D eigenvalue weighted by molar-refractivity contribution is -0.140. The molecule has 0 aliphatic heterocycles. The Hall–Kier alpha value is -3.11. The molecule has 2 aromatic rings. The lowest BCUT2D eigenvalue weighted by Gasteiger charge is -2.34. The molecule has 0 heterocycles. The normalized spacial score (nSPS) is 12.2. The highest BCUT2D eigenvalue weighted by atomic mass is 32.2. The number of anilines is 1. The van der Waals surface area contributed by atoms with Crippen LogP contribution in [0, 0.1) is 0 Å². The first-order chi connectivity index (χ1) is 17.1. The smallest absolute Gasteiger partial charge is 0.304 e. The maximum absolute atomic E-state index is 13.8. The minimum Gasteiger partial charge on any atom is -0.497 e. The molecule has 0 bridgehead atoms. The van der Waals surface area contributed by atoms with E-state index in [-0.39, 0.29) is 12.5 Å². The number of benzene rings is 2. The number of rotatable bonds is 14. The fourth-order valence-electron chi connectivity index (χ4n) is 3.70. The highest BCUT2D eigenvalue weighted by Crippen LogP contribution is 2.22. The van der Waals surface area contributed by atoms with Crippen LogP contribution in [0.3, 0.4) is 0 Å². The minimum atomic E-state index is -3.98. The van der Waals surface area contributed by atoms with Crippen molar-refractivity contribution in [3.63, 3.8) is 0 Å². The van der Waals surface area contributed by atoms with Gasteiger partial charge in [-0.25, -0.2) is 4.31 Å². The predicted molar refractivity (Wildman–Crippen MR) is 142 cm³/mol. The number of nitrogens with one attached hydrogen (secondary N) is 1. The number of methoxy groups -OCH3 is 1. The first kappa shape index (κ1) is 29.1. The van der Waals surface area contributed by atoms with Crippen LogP contribution in [0.5, 0.6) is 5.75 Å². The van der Waals surface area contributed by atoms with E-state index < -0.39 is 28.7 Å². The van der Waals surface area contributed by atoms with E-state index in [2.05, 4.69) is 5.32 Å². The zero-order chi connectivity index (χ0) is 26.7. The van der Waals surface area contributed by atoms with Crippen molar-refractivity contribution in [3.8, 4) is 5.75 Å². The highest BCUT2D eigenvalue weighted by Gasteiger charge is 2.33. The van der Waals surface area contributed by atoms with E-state index in [1.165, 1.54) is 19.0 Å². The van der Waals surface area contributed by atoms with Crippen molar-refractivity contribution in [2.45, 2.75) is 45.7 Å². The maximum atomic E-state index is 13.8. The molecule has 2 amide bonds. The van der Waals surface area contributed by atoms with Gasteiger partial charge < -0.3 is 15.0 Å². The Morgan fingerprint density at radius 2 is 1.72 bits per heavy atom. The van der Waals surface area contributed by atoms with Crippen LogP contribution in [0.2, 0.25) is 0 Å². The first-order valence-electron chi connectivity index (χ1n) is 12.1. The summed E-state index contributed by atoms with van der Waals surface area (Å²) in [6.07, 6.45) is 2.13. The van der Waals surface area contributed by atoms with Crippen LogP contribution >= 0.6 is 0 Å². The summed E-state index contributed by atoms with van der Waals surface area (Å²) < 4.78 is 33.8. The SMILES string of the molecule is CCCCNC(=O)C(CC)N(Cc1cccc(OC)c1)C(=O)CN(c1ccccc1)S(=O)(=O)N(C)C. The zero-order valence-corrected chi connectivity index (χ0v) is 22.6. The first-order valence-corrected chi connectivity index (χ1v) is 13.5. The molecule has 9 nitrogen and oxygen atoms in total. The Bertz CT molecular complexity index is 1090. The van der Waals surface area contributed by atoms with E-state index in [4.69, 9.17) is 4.74 Å². The van der Waals surface area contributed by atoms with Crippen LogP contribution in [0.4, 0.5) is 5.69 Å². The summed E-state index contributed by atoms with van der Waals surface area (Å²) in [5.41, 5.74) is 1.13. The fraction of sp³-hybridized carbons (Fsp3) is 0.462. The van der Waals surface area contributed by atoms with Crippen LogP contribution < -0.4 is 14.4 Å². The lowest BCUT2D eigenvalue weighted by atomic mass is 10.1. The molecule has 36 heavy (non-hydrogen) atoms. The number of nitrogens with zero attached hydrogens (tertiary/aromatic N) is 3. The van der Waals surface area contributed by atoms with Gasteiger partial charge in [-0.2, -0.15) is 12.7 Å². The van der Waals surface area contributed by atoms with Crippen molar-refractivity contribution < 1.29 is 22.7 Å². The summed E-state index contributed by atoms with van der Waals surface area (Å²) in [6.45, 7) is 4.05. The van der Waals surface area contributed by atoms with Crippen LogP contribution in [0.15, 0.2) is 54.6 Å². The van der Waals surface area contributed by atoms with Gasteiger partial charge >= 0.3 is 10.2 Å². The average molecular weight is 519 g/mol. The predicted octanol–water partition coefficient (Wildman–Crippen LogP) is 3.03. The molecule has 0 aliphatic rings. The zero-order valence-electron chi connectivity index (χ0n) is 21.8. The lowest BCUT2D eigenvalue weighted by Crippen LogP contribution is -2.53. The van der Waals surface area contributed by atoms with Crippen molar-refractivity contribution in [3.05, 3.63) is 60.2 Å². The highest BCUT2D eigenvalue weighted by molar-refractivity contribution is 7.90. The van der Waals surface area contributed by atoms with Gasteiger partial charge in [0.05, 0.1) is 12.8 Å². The second kappa shape index (κ2) is 13.8. The number of amides is 2. The Labute approximate surface area is 215 Å². The largest absolute Gasteiger partial charge is 0.497 e. The van der Waals surface area contributed by atoms with E-state index in [0.717, 1.165) is 27.0 Å². The molecule has 0 radical (unpaired) electrons. The van der Waals surface area contributed by atoms with Gasteiger partial charge in [-0.1, -0.05) is 50.6 Å².